The molecule has 1 fully saturated rings. The minimum absolute atomic E-state index is 0. The van der Waals surface area contributed by atoms with E-state index in [2.05, 4.69) is 12.2 Å². The van der Waals surface area contributed by atoms with Gasteiger partial charge in [-0.2, -0.15) is 0 Å². The molecule has 0 saturated heterocycles. The Bertz CT molecular complexity index is 133. The van der Waals surface area contributed by atoms with Crippen LogP contribution >= 0.6 is 12.4 Å². The van der Waals surface area contributed by atoms with E-state index in [1.807, 2.05) is 0 Å². The second-order valence-electron chi connectivity index (χ2n) is 2.94. The summed E-state index contributed by atoms with van der Waals surface area (Å²) in [4.78, 5) is 0. The third-order valence-electron chi connectivity index (χ3n) is 2.33. The first-order valence-electron chi connectivity index (χ1n) is 3.30. The molecule has 3 unspecified atom stereocenters. The molecule has 0 amide bonds. The molecular formula is C7H12ClN. The van der Waals surface area contributed by atoms with Gasteiger partial charge in [0, 0.05) is 6.04 Å². The zero-order chi connectivity index (χ0) is 5.56. The minimum atomic E-state index is 0. The molecule has 0 aromatic heterocycles. The van der Waals surface area contributed by atoms with Crippen molar-refractivity contribution in [3.8, 4) is 0 Å². The van der Waals surface area contributed by atoms with Gasteiger partial charge in [0.25, 0.3) is 0 Å². The van der Waals surface area contributed by atoms with Gasteiger partial charge in [0.2, 0.25) is 0 Å². The standard InChI is InChI=1S/C7H11N.ClH/c8-7-4-5-1-2-6(7)3-5;/h1-2,5-7H,3-4,8H2;1H. The topological polar surface area (TPSA) is 26.0 Å². The summed E-state index contributed by atoms with van der Waals surface area (Å²) in [5.41, 5.74) is 5.77. The lowest BCUT2D eigenvalue weighted by Gasteiger charge is -2.10. The number of fused-ring (bicyclic) bond motifs is 2. The van der Waals surface area contributed by atoms with Crippen molar-refractivity contribution in [1.82, 2.24) is 0 Å². The van der Waals surface area contributed by atoms with Crippen LogP contribution in [0.15, 0.2) is 12.2 Å². The fourth-order valence-corrected chi connectivity index (χ4v) is 1.82. The van der Waals surface area contributed by atoms with Crippen LogP contribution in [0.4, 0.5) is 0 Å². The summed E-state index contributed by atoms with van der Waals surface area (Å²) in [6.07, 6.45) is 7.16. The lowest BCUT2D eigenvalue weighted by Crippen LogP contribution is -2.23. The maximum atomic E-state index is 5.77. The first kappa shape index (κ1) is 7.10. The van der Waals surface area contributed by atoms with Gasteiger partial charge in [-0.1, -0.05) is 12.2 Å². The van der Waals surface area contributed by atoms with Crippen molar-refractivity contribution < 1.29 is 0 Å². The number of hydrogen-bond donors (Lipinski definition) is 1. The van der Waals surface area contributed by atoms with Gasteiger partial charge in [-0.3, -0.25) is 0 Å². The molecule has 2 bridgehead atoms. The lowest BCUT2D eigenvalue weighted by atomic mass is 10.0. The zero-order valence-corrected chi connectivity index (χ0v) is 6.10. The Balaban J connectivity index is 0.000000405. The maximum Gasteiger partial charge on any atom is 0.0108 e. The van der Waals surface area contributed by atoms with Crippen molar-refractivity contribution in [2.24, 2.45) is 17.6 Å². The maximum absolute atomic E-state index is 5.77. The van der Waals surface area contributed by atoms with Crippen LogP contribution in [0, 0.1) is 11.8 Å². The van der Waals surface area contributed by atoms with Crippen LogP contribution < -0.4 is 5.73 Å². The largest absolute Gasteiger partial charge is 0.327 e. The monoisotopic (exact) mass is 145 g/mol. The molecule has 2 aliphatic carbocycles. The van der Waals surface area contributed by atoms with Gasteiger partial charge < -0.3 is 5.73 Å². The molecule has 2 heteroatoms. The summed E-state index contributed by atoms with van der Waals surface area (Å²) in [7, 11) is 0. The molecule has 2 N–H and O–H groups in total. The van der Waals surface area contributed by atoms with Crippen LogP contribution in [0.5, 0.6) is 0 Å². The highest BCUT2D eigenvalue weighted by Crippen LogP contribution is 2.37. The van der Waals surface area contributed by atoms with Crippen LogP contribution in [0.25, 0.3) is 0 Å². The number of halogens is 1. The smallest absolute Gasteiger partial charge is 0.0108 e. The summed E-state index contributed by atoms with van der Waals surface area (Å²) >= 11 is 0. The van der Waals surface area contributed by atoms with Crippen molar-refractivity contribution in [2.45, 2.75) is 18.9 Å². The second-order valence-corrected chi connectivity index (χ2v) is 2.94. The Morgan fingerprint density at radius 3 is 2.22 bits per heavy atom. The first-order valence-corrected chi connectivity index (χ1v) is 3.30. The molecule has 1 saturated carbocycles. The van der Waals surface area contributed by atoms with Crippen LogP contribution in [-0.2, 0) is 0 Å². The van der Waals surface area contributed by atoms with Gasteiger partial charge in [0.15, 0.2) is 0 Å². The Kier molecular flexibility index (Phi) is 1.83. The van der Waals surface area contributed by atoms with Crippen molar-refractivity contribution in [3.63, 3.8) is 0 Å². The fraction of sp³-hybridized carbons (Fsp3) is 0.714. The predicted octanol–water partition coefficient (Wildman–Crippen LogP) is 1.33. The quantitative estimate of drug-likeness (QED) is 0.512. The van der Waals surface area contributed by atoms with Crippen molar-refractivity contribution in [1.29, 1.82) is 0 Å². The highest BCUT2D eigenvalue weighted by Gasteiger charge is 2.32. The number of hydrogen-bond acceptors (Lipinski definition) is 1. The third-order valence-corrected chi connectivity index (χ3v) is 2.33. The summed E-state index contributed by atoms with van der Waals surface area (Å²) < 4.78 is 0. The van der Waals surface area contributed by atoms with Crippen molar-refractivity contribution in [2.75, 3.05) is 0 Å². The van der Waals surface area contributed by atoms with Crippen LogP contribution in [0.2, 0.25) is 0 Å². The SMILES string of the molecule is Cl.NC1CC2C=CC1C2. The van der Waals surface area contributed by atoms with Gasteiger partial charge >= 0.3 is 0 Å². The van der Waals surface area contributed by atoms with Crippen LogP contribution in [0.1, 0.15) is 12.8 Å². The number of allylic oxidation sites excluding steroid dienone is 1. The van der Waals surface area contributed by atoms with E-state index in [0.717, 1.165) is 11.8 Å². The normalized spacial score (nSPS) is 45.2. The molecule has 0 aromatic carbocycles. The molecule has 0 aromatic rings. The average Bonchev–Trinajstić information content (AvgIpc) is 2.23. The molecule has 52 valence electrons. The van der Waals surface area contributed by atoms with E-state index in [0.29, 0.717) is 6.04 Å². The predicted molar refractivity (Wildman–Crippen MR) is 40.6 cm³/mol. The molecule has 2 rings (SSSR count). The van der Waals surface area contributed by atoms with Gasteiger partial charge in [0.05, 0.1) is 0 Å². The summed E-state index contributed by atoms with van der Waals surface area (Å²) in [5.74, 6) is 1.58. The van der Waals surface area contributed by atoms with Crippen LogP contribution in [0.3, 0.4) is 0 Å². The Hall–Kier alpha value is -0.0100. The Labute approximate surface area is 61.7 Å². The van der Waals surface area contributed by atoms with E-state index in [1.165, 1.54) is 12.8 Å². The first-order chi connectivity index (χ1) is 3.86. The summed E-state index contributed by atoms with van der Waals surface area (Å²) in [6.45, 7) is 0. The highest BCUT2D eigenvalue weighted by atomic mass is 35.5. The van der Waals surface area contributed by atoms with Crippen molar-refractivity contribution >= 4 is 12.4 Å². The van der Waals surface area contributed by atoms with E-state index in [4.69, 9.17) is 5.73 Å². The van der Waals surface area contributed by atoms with E-state index < -0.39 is 0 Å². The molecule has 3 atom stereocenters. The van der Waals surface area contributed by atoms with Gasteiger partial charge in [0.1, 0.15) is 0 Å². The lowest BCUT2D eigenvalue weighted by molar-refractivity contribution is 0.576. The van der Waals surface area contributed by atoms with Gasteiger partial charge in [-0.15, -0.1) is 12.4 Å². The Morgan fingerprint density at radius 1 is 1.22 bits per heavy atom. The molecular weight excluding hydrogens is 134 g/mol. The number of nitrogens with two attached hydrogens (primary N) is 1. The molecule has 1 nitrogen and oxygen atoms in total. The molecule has 9 heavy (non-hydrogen) atoms. The van der Waals surface area contributed by atoms with E-state index >= 15 is 0 Å². The highest BCUT2D eigenvalue weighted by molar-refractivity contribution is 5.85. The fourth-order valence-electron chi connectivity index (χ4n) is 1.82. The second kappa shape index (κ2) is 2.31. The summed E-state index contributed by atoms with van der Waals surface area (Å²) in [6, 6.07) is 0.491. The van der Waals surface area contributed by atoms with Gasteiger partial charge in [-0.25, -0.2) is 0 Å². The zero-order valence-electron chi connectivity index (χ0n) is 5.29. The average molecular weight is 146 g/mol. The third kappa shape index (κ3) is 0.993. The van der Waals surface area contributed by atoms with E-state index in [-0.39, 0.29) is 12.4 Å². The van der Waals surface area contributed by atoms with Crippen LogP contribution in [-0.4, -0.2) is 6.04 Å². The molecule has 0 heterocycles. The molecule has 2 aliphatic rings. The minimum Gasteiger partial charge on any atom is -0.327 e. The van der Waals surface area contributed by atoms with E-state index in [9.17, 15) is 0 Å². The molecule has 0 aliphatic heterocycles. The van der Waals surface area contributed by atoms with Crippen molar-refractivity contribution in [3.05, 3.63) is 12.2 Å². The Morgan fingerprint density at radius 2 is 2.00 bits per heavy atom. The molecule has 0 radical (unpaired) electrons. The summed E-state index contributed by atoms with van der Waals surface area (Å²) in [5, 5.41) is 0. The van der Waals surface area contributed by atoms with Gasteiger partial charge in [-0.05, 0) is 24.7 Å². The van der Waals surface area contributed by atoms with E-state index in [1.54, 1.807) is 0 Å². The molecule has 0 spiro atoms. The number of rotatable bonds is 0.